The Morgan fingerprint density at radius 2 is 1.89 bits per heavy atom. The topological polar surface area (TPSA) is 109 Å². The van der Waals surface area contributed by atoms with Gasteiger partial charge in [0.2, 0.25) is 6.79 Å². The fourth-order valence-corrected chi connectivity index (χ4v) is 3.19. The van der Waals surface area contributed by atoms with Gasteiger partial charge in [-0.3, -0.25) is 4.79 Å². The number of fused-ring (bicyclic) bond motifs is 1. The van der Waals surface area contributed by atoms with Crippen LogP contribution in [0, 0.1) is 0 Å². The van der Waals surface area contributed by atoms with Gasteiger partial charge in [-0.2, -0.15) is 5.10 Å². The summed E-state index contributed by atoms with van der Waals surface area (Å²) < 4.78 is 10.7. The Balaban J connectivity index is 1.70. The lowest BCUT2D eigenvalue weighted by molar-refractivity contribution is -0.132. The zero-order valence-electron chi connectivity index (χ0n) is 14.6. The van der Waals surface area contributed by atoms with E-state index in [1.54, 1.807) is 30.3 Å². The normalized spacial score (nSPS) is 17.8. The van der Waals surface area contributed by atoms with Crippen molar-refractivity contribution in [1.82, 2.24) is 5.01 Å². The van der Waals surface area contributed by atoms with E-state index in [-0.39, 0.29) is 12.5 Å². The minimum Gasteiger partial charge on any atom is -0.508 e. The number of nitrogens with zero attached hydrogens (tertiary/aromatic N) is 2. The third-order valence-electron chi connectivity index (χ3n) is 4.51. The Hall–Kier alpha value is -3.81. The first kappa shape index (κ1) is 17.6. The number of aromatic hydroxyl groups is 1. The number of amides is 1. The summed E-state index contributed by atoms with van der Waals surface area (Å²) in [5.41, 5.74) is 1.89. The molecule has 1 amide bonds. The molecule has 0 unspecified atom stereocenters. The van der Waals surface area contributed by atoms with E-state index in [2.05, 4.69) is 5.10 Å². The molecule has 0 bridgehead atoms. The zero-order valence-corrected chi connectivity index (χ0v) is 14.6. The SMILES string of the molecule is O=C(O)/C=C\C(=O)N1N=C(c2ccc3c(c2)OCO3)C[C@@H]1c1ccccc1O. The van der Waals surface area contributed by atoms with Crippen LogP contribution in [-0.4, -0.2) is 39.6 Å². The highest BCUT2D eigenvalue weighted by molar-refractivity contribution is 6.05. The van der Waals surface area contributed by atoms with Crippen LogP contribution in [0.15, 0.2) is 59.7 Å². The number of carbonyl (C=O) groups is 2. The van der Waals surface area contributed by atoms with Crippen LogP contribution in [-0.2, 0) is 9.59 Å². The number of ether oxygens (including phenoxy) is 2. The van der Waals surface area contributed by atoms with Crippen molar-refractivity contribution in [3.8, 4) is 17.2 Å². The van der Waals surface area contributed by atoms with Gasteiger partial charge in [-0.05, 0) is 24.3 Å². The van der Waals surface area contributed by atoms with E-state index in [0.717, 1.165) is 17.7 Å². The van der Waals surface area contributed by atoms with Crippen LogP contribution in [0.2, 0.25) is 0 Å². The van der Waals surface area contributed by atoms with Gasteiger partial charge in [0, 0.05) is 29.7 Å². The van der Waals surface area contributed by atoms with Gasteiger partial charge in [-0.15, -0.1) is 0 Å². The van der Waals surface area contributed by atoms with E-state index >= 15 is 0 Å². The number of hydrogen-bond donors (Lipinski definition) is 2. The summed E-state index contributed by atoms with van der Waals surface area (Å²) in [6.07, 6.45) is 2.06. The maximum Gasteiger partial charge on any atom is 0.328 e. The van der Waals surface area contributed by atoms with Gasteiger partial charge in [0.25, 0.3) is 5.91 Å². The molecule has 2 aromatic carbocycles. The Bertz CT molecular complexity index is 1010. The molecular weight excluding hydrogens is 364 g/mol. The average Bonchev–Trinajstić information content (AvgIpc) is 3.33. The maximum absolute atomic E-state index is 12.6. The van der Waals surface area contributed by atoms with Crippen molar-refractivity contribution in [2.75, 3.05) is 6.79 Å². The van der Waals surface area contributed by atoms with Crippen molar-refractivity contribution in [3.63, 3.8) is 0 Å². The number of hydrazone groups is 1. The molecular formula is C20H16N2O6. The first-order valence-electron chi connectivity index (χ1n) is 8.52. The Morgan fingerprint density at radius 3 is 2.68 bits per heavy atom. The van der Waals surface area contributed by atoms with Crippen molar-refractivity contribution in [3.05, 3.63) is 65.7 Å². The number of rotatable bonds is 4. The molecule has 2 aliphatic rings. The molecule has 2 aromatic rings. The van der Waals surface area contributed by atoms with Crippen LogP contribution in [0.25, 0.3) is 0 Å². The molecule has 1 atom stereocenters. The number of carboxylic acid groups (broad SMARTS) is 1. The molecule has 0 fully saturated rings. The maximum atomic E-state index is 12.6. The van der Waals surface area contributed by atoms with Crippen molar-refractivity contribution >= 4 is 17.6 Å². The van der Waals surface area contributed by atoms with Gasteiger partial charge in [0.1, 0.15) is 5.75 Å². The fraction of sp³-hybridized carbons (Fsp3) is 0.150. The molecule has 2 aliphatic heterocycles. The summed E-state index contributed by atoms with van der Waals surface area (Å²) in [6.45, 7) is 0.149. The minimum absolute atomic E-state index is 0.0367. The monoisotopic (exact) mass is 380 g/mol. The summed E-state index contributed by atoms with van der Waals surface area (Å²) in [4.78, 5) is 23.3. The number of para-hydroxylation sites is 1. The highest BCUT2D eigenvalue weighted by Gasteiger charge is 2.34. The largest absolute Gasteiger partial charge is 0.508 e. The molecule has 142 valence electrons. The van der Waals surface area contributed by atoms with Crippen molar-refractivity contribution < 1.29 is 29.3 Å². The van der Waals surface area contributed by atoms with E-state index in [1.807, 2.05) is 6.07 Å². The molecule has 0 aromatic heterocycles. The number of phenolic OH excluding ortho intramolecular Hbond substituents is 1. The van der Waals surface area contributed by atoms with Crippen LogP contribution < -0.4 is 9.47 Å². The Kier molecular flexibility index (Phi) is 4.44. The quantitative estimate of drug-likeness (QED) is 0.789. The second kappa shape index (κ2) is 7.07. The van der Waals surface area contributed by atoms with Gasteiger partial charge in [0.05, 0.1) is 11.8 Å². The van der Waals surface area contributed by atoms with E-state index in [1.165, 1.54) is 11.1 Å². The Labute approximate surface area is 159 Å². The lowest BCUT2D eigenvalue weighted by Gasteiger charge is -2.21. The van der Waals surface area contributed by atoms with Gasteiger partial charge in [-0.25, -0.2) is 9.80 Å². The molecule has 8 heteroatoms. The van der Waals surface area contributed by atoms with Crippen molar-refractivity contribution in [2.45, 2.75) is 12.5 Å². The molecule has 4 rings (SSSR count). The van der Waals surface area contributed by atoms with Crippen LogP contribution >= 0.6 is 0 Å². The van der Waals surface area contributed by atoms with E-state index in [0.29, 0.717) is 29.2 Å². The summed E-state index contributed by atoms with van der Waals surface area (Å²) in [5, 5.41) is 24.6. The summed E-state index contributed by atoms with van der Waals surface area (Å²) in [7, 11) is 0. The van der Waals surface area contributed by atoms with Gasteiger partial charge in [0.15, 0.2) is 11.5 Å². The van der Waals surface area contributed by atoms with Gasteiger partial charge in [-0.1, -0.05) is 18.2 Å². The number of carboxylic acids is 1. The molecule has 2 heterocycles. The van der Waals surface area contributed by atoms with Crippen LogP contribution in [0.3, 0.4) is 0 Å². The average molecular weight is 380 g/mol. The van der Waals surface area contributed by atoms with Crippen LogP contribution in [0.1, 0.15) is 23.6 Å². The number of hydrogen-bond acceptors (Lipinski definition) is 6. The second-order valence-corrected chi connectivity index (χ2v) is 6.25. The number of benzene rings is 2. The standard InChI is InChI=1S/C20H16N2O6/c23-16-4-2-1-3-13(16)15-10-14(21-22(15)19(24)7-8-20(25)26)12-5-6-17-18(9-12)28-11-27-17/h1-9,15,23H,10-11H2,(H,25,26)/b8-7-/t15-/m1/s1. The summed E-state index contributed by atoms with van der Waals surface area (Å²) in [5.74, 6) is -0.556. The lowest BCUT2D eigenvalue weighted by Crippen LogP contribution is -2.25. The van der Waals surface area contributed by atoms with E-state index in [9.17, 15) is 14.7 Å². The van der Waals surface area contributed by atoms with Gasteiger partial charge < -0.3 is 19.7 Å². The molecule has 28 heavy (non-hydrogen) atoms. The fourth-order valence-electron chi connectivity index (χ4n) is 3.19. The third kappa shape index (κ3) is 3.27. The minimum atomic E-state index is -1.23. The summed E-state index contributed by atoms with van der Waals surface area (Å²) >= 11 is 0. The first-order chi connectivity index (χ1) is 13.5. The number of carbonyl (C=O) groups excluding carboxylic acids is 1. The van der Waals surface area contributed by atoms with Crippen LogP contribution in [0.4, 0.5) is 0 Å². The predicted molar refractivity (Wildman–Crippen MR) is 98.2 cm³/mol. The molecule has 0 saturated heterocycles. The second-order valence-electron chi connectivity index (χ2n) is 6.25. The zero-order chi connectivity index (χ0) is 19.7. The Morgan fingerprint density at radius 1 is 1.11 bits per heavy atom. The van der Waals surface area contributed by atoms with Crippen molar-refractivity contribution in [1.29, 1.82) is 0 Å². The first-order valence-corrected chi connectivity index (χ1v) is 8.52. The molecule has 2 N–H and O–H groups in total. The lowest BCUT2D eigenvalue weighted by atomic mass is 9.97. The highest BCUT2D eigenvalue weighted by Crippen LogP contribution is 2.39. The predicted octanol–water partition coefficient (Wildman–Crippen LogP) is 2.44. The number of phenols is 1. The molecule has 0 saturated carbocycles. The molecule has 0 spiro atoms. The molecule has 0 aliphatic carbocycles. The number of aliphatic carboxylic acids is 1. The summed E-state index contributed by atoms with van der Waals surface area (Å²) in [6, 6.07) is 11.5. The van der Waals surface area contributed by atoms with Crippen molar-refractivity contribution in [2.24, 2.45) is 5.10 Å². The van der Waals surface area contributed by atoms with E-state index in [4.69, 9.17) is 14.6 Å². The smallest absolute Gasteiger partial charge is 0.328 e. The van der Waals surface area contributed by atoms with Crippen LogP contribution in [0.5, 0.6) is 17.2 Å². The molecule has 8 nitrogen and oxygen atoms in total. The third-order valence-corrected chi connectivity index (χ3v) is 4.51. The highest BCUT2D eigenvalue weighted by atomic mass is 16.7. The molecule has 0 radical (unpaired) electrons. The van der Waals surface area contributed by atoms with E-state index < -0.39 is 17.9 Å². The van der Waals surface area contributed by atoms with Gasteiger partial charge >= 0.3 is 5.97 Å².